The molecule has 0 bridgehead atoms. The summed E-state index contributed by atoms with van der Waals surface area (Å²) >= 11 is 0. The number of aromatic nitrogens is 1. The van der Waals surface area contributed by atoms with E-state index in [0.717, 1.165) is 12.0 Å². The van der Waals surface area contributed by atoms with Crippen LogP contribution in [0.3, 0.4) is 0 Å². The van der Waals surface area contributed by atoms with Gasteiger partial charge in [0.25, 0.3) is 11.8 Å². The van der Waals surface area contributed by atoms with Crippen LogP contribution in [0.5, 0.6) is 5.75 Å². The molecule has 0 fully saturated rings. The number of carbonyl (C=O) groups is 2. The minimum absolute atomic E-state index is 0.154. The summed E-state index contributed by atoms with van der Waals surface area (Å²) in [6.07, 6.45) is 0.723. The lowest BCUT2D eigenvalue weighted by Gasteiger charge is -2.10. The Morgan fingerprint density at radius 3 is 2.29 bits per heavy atom. The first-order valence-electron chi connectivity index (χ1n) is 8.91. The minimum atomic E-state index is -0.413. The summed E-state index contributed by atoms with van der Waals surface area (Å²) in [7, 11) is 1.53. The standard InChI is InChI=1S/C22H21N3O3/c1-28-20-13-6-5-10-17(20)25-22(27)19-12-7-11-18(24-19)21(26)23-15-14-16-8-3-2-4-9-16/h2-13H,14-15H2,1H3,(H,23,26)(H,25,27). The zero-order valence-electron chi connectivity index (χ0n) is 15.5. The van der Waals surface area contributed by atoms with Gasteiger partial charge in [0.1, 0.15) is 17.1 Å². The number of pyridine rings is 1. The molecule has 0 saturated carbocycles. The molecule has 0 aliphatic heterocycles. The molecule has 6 nitrogen and oxygen atoms in total. The van der Waals surface area contributed by atoms with Crippen molar-refractivity contribution in [1.82, 2.24) is 10.3 Å². The molecule has 0 unspecified atom stereocenters. The Balaban J connectivity index is 1.62. The Labute approximate surface area is 163 Å². The summed E-state index contributed by atoms with van der Waals surface area (Å²) < 4.78 is 5.23. The van der Waals surface area contributed by atoms with Crippen LogP contribution in [0.1, 0.15) is 26.5 Å². The molecule has 28 heavy (non-hydrogen) atoms. The van der Waals surface area contributed by atoms with Gasteiger partial charge in [0, 0.05) is 6.54 Å². The highest BCUT2D eigenvalue weighted by atomic mass is 16.5. The maximum absolute atomic E-state index is 12.5. The van der Waals surface area contributed by atoms with Crippen LogP contribution in [0.15, 0.2) is 72.8 Å². The molecule has 6 heteroatoms. The quantitative estimate of drug-likeness (QED) is 0.664. The second-order valence-corrected chi connectivity index (χ2v) is 6.05. The van der Waals surface area contributed by atoms with E-state index >= 15 is 0 Å². The fourth-order valence-corrected chi connectivity index (χ4v) is 2.68. The maximum Gasteiger partial charge on any atom is 0.274 e. The molecule has 0 radical (unpaired) electrons. The number of para-hydroxylation sites is 2. The zero-order valence-corrected chi connectivity index (χ0v) is 15.5. The van der Waals surface area contributed by atoms with Crippen LogP contribution >= 0.6 is 0 Å². The van der Waals surface area contributed by atoms with Crippen LogP contribution in [0.25, 0.3) is 0 Å². The normalized spacial score (nSPS) is 10.2. The summed E-state index contributed by atoms with van der Waals surface area (Å²) in [5, 5.41) is 5.58. The van der Waals surface area contributed by atoms with Crippen molar-refractivity contribution >= 4 is 17.5 Å². The third-order valence-electron chi connectivity index (χ3n) is 4.11. The summed E-state index contributed by atoms with van der Waals surface area (Å²) in [5.74, 6) is -0.183. The van der Waals surface area contributed by atoms with Gasteiger partial charge in [0.15, 0.2) is 0 Å². The lowest BCUT2D eigenvalue weighted by Crippen LogP contribution is -2.27. The number of amides is 2. The molecule has 2 N–H and O–H groups in total. The maximum atomic E-state index is 12.5. The topological polar surface area (TPSA) is 80.3 Å². The molecular weight excluding hydrogens is 354 g/mol. The lowest BCUT2D eigenvalue weighted by atomic mass is 10.1. The summed E-state index contributed by atoms with van der Waals surface area (Å²) in [4.78, 5) is 29.0. The van der Waals surface area contributed by atoms with Crippen molar-refractivity contribution in [2.24, 2.45) is 0 Å². The Bertz CT molecular complexity index is 958. The molecule has 1 aromatic heterocycles. The van der Waals surface area contributed by atoms with Crippen LogP contribution in [0, 0.1) is 0 Å². The molecule has 3 rings (SSSR count). The number of nitrogens with one attached hydrogen (secondary N) is 2. The molecule has 1 heterocycles. The van der Waals surface area contributed by atoms with E-state index in [-0.39, 0.29) is 17.3 Å². The number of carbonyl (C=O) groups excluding carboxylic acids is 2. The number of hydrogen-bond acceptors (Lipinski definition) is 4. The van der Waals surface area contributed by atoms with Crippen molar-refractivity contribution in [1.29, 1.82) is 0 Å². The van der Waals surface area contributed by atoms with Crippen molar-refractivity contribution in [3.05, 3.63) is 89.7 Å². The molecule has 142 valence electrons. The molecule has 2 amide bonds. The van der Waals surface area contributed by atoms with Gasteiger partial charge in [-0.1, -0.05) is 48.5 Å². The smallest absolute Gasteiger partial charge is 0.274 e. The Morgan fingerprint density at radius 1 is 0.857 bits per heavy atom. The third kappa shape index (κ3) is 4.94. The zero-order chi connectivity index (χ0) is 19.8. The monoisotopic (exact) mass is 375 g/mol. The first kappa shape index (κ1) is 19.1. The van der Waals surface area contributed by atoms with Gasteiger partial charge in [-0.05, 0) is 36.2 Å². The van der Waals surface area contributed by atoms with Gasteiger partial charge in [0.05, 0.1) is 12.8 Å². The molecule has 0 aliphatic rings. The van der Waals surface area contributed by atoms with Crippen molar-refractivity contribution in [2.75, 3.05) is 19.0 Å². The van der Waals surface area contributed by atoms with E-state index in [4.69, 9.17) is 4.74 Å². The molecule has 0 spiro atoms. The molecule has 2 aromatic carbocycles. The van der Waals surface area contributed by atoms with Crippen LogP contribution in [-0.4, -0.2) is 30.5 Å². The predicted molar refractivity (Wildman–Crippen MR) is 108 cm³/mol. The number of rotatable bonds is 7. The first-order valence-corrected chi connectivity index (χ1v) is 8.91. The molecule has 3 aromatic rings. The Kier molecular flexibility index (Phi) is 6.36. The van der Waals surface area contributed by atoms with Gasteiger partial charge < -0.3 is 15.4 Å². The highest BCUT2D eigenvalue weighted by molar-refractivity contribution is 6.04. The summed E-state index contributed by atoms with van der Waals surface area (Å²) in [6, 6.07) is 21.8. The van der Waals surface area contributed by atoms with Crippen molar-refractivity contribution < 1.29 is 14.3 Å². The fraction of sp³-hybridized carbons (Fsp3) is 0.136. The second kappa shape index (κ2) is 9.32. The van der Waals surface area contributed by atoms with Crippen molar-refractivity contribution in [3.63, 3.8) is 0 Å². The summed E-state index contributed by atoms with van der Waals surface area (Å²) in [6.45, 7) is 0.488. The number of benzene rings is 2. The highest BCUT2D eigenvalue weighted by Gasteiger charge is 2.14. The number of hydrogen-bond donors (Lipinski definition) is 2. The van der Waals surface area contributed by atoms with E-state index in [9.17, 15) is 9.59 Å². The van der Waals surface area contributed by atoms with E-state index in [2.05, 4.69) is 15.6 Å². The van der Waals surface area contributed by atoms with Crippen molar-refractivity contribution in [2.45, 2.75) is 6.42 Å². The van der Waals surface area contributed by atoms with Gasteiger partial charge in [-0.3, -0.25) is 9.59 Å². The van der Waals surface area contributed by atoms with Crippen LogP contribution in [-0.2, 0) is 6.42 Å². The van der Waals surface area contributed by atoms with Gasteiger partial charge in [0.2, 0.25) is 0 Å². The van der Waals surface area contributed by atoms with Crippen LogP contribution in [0.4, 0.5) is 5.69 Å². The SMILES string of the molecule is COc1ccccc1NC(=O)c1cccc(C(=O)NCCc2ccccc2)n1. The Morgan fingerprint density at radius 2 is 1.54 bits per heavy atom. The van der Waals surface area contributed by atoms with E-state index in [1.54, 1.807) is 36.4 Å². The fourth-order valence-electron chi connectivity index (χ4n) is 2.68. The minimum Gasteiger partial charge on any atom is -0.495 e. The number of methoxy groups -OCH3 is 1. The van der Waals surface area contributed by atoms with Crippen molar-refractivity contribution in [3.8, 4) is 5.75 Å². The van der Waals surface area contributed by atoms with Gasteiger partial charge >= 0.3 is 0 Å². The van der Waals surface area contributed by atoms with Gasteiger partial charge in [-0.2, -0.15) is 0 Å². The summed E-state index contributed by atoms with van der Waals surface area (Å²) in [5.41, 5.74) is 2.03. The van der Waals surface area contributed by atoms with E-state index in [1.807, 2.05) is 36.4 Å². The average Bonchev–Trinajstić information content (AvgIpc) is 2.75. The van der Waals surface area contributed by atoms with Crippen LogP contribution < -0.4 is 15.4 Å². The predicted octanol–water partition coefficient (Wildman–Crippen LogP) is 3.32. The highest BCUT2D eigenvalue weighted by Crippen LogP contribution is 2.23. The van der Waals surface area contributed by atoms with E-state index < -0.39 is 5.91 Å². The number of ether oxygens (including phenoxy) is 1. The van der Waals surface area contributed by atoms with Crippen LogP contribution in [0.2, 0.25) is 0 Å². The van der Waals surface area contributed by atoms with Gasteiger partial charge in [-0.15, -0.1) is 0 Å². The molecule has 0 aliphatic carbocycles. The largest absolute Gasteiger partial charge is 0.495 e. The van der Waals surface area contributed by atoms with E-state index in [0.29, 0.717) is 18.0 Å². The molecular formula is C22H21N3O3. The second-order valence-electron chi connectivity index (χ2n) is 6.05. The third-order valence-corrected chi connectivity index (χ3v) is 4.11. The van der Waals surface area contributed by atoms with E-state index in [1.165, 1.54) is 7.11 Å². The first-order chi connectivity index (χ1) is 13.7. The Hall–Kier alpha value is -3.67. The average molecular weight is 375 g/mol. The molecule has 0 atom stereocenters. The number of anilines is 1. The lowest BCUT2D eigenvalue weighted by molar-refractivity contribution is 0.0949. The molecule has 0 saturated heterocycles. The van der Waals surface area contributed by atoms with Gasteiger partial charge in [-0.25, -0.2) is 4.98 Å². The number of nitrogens with zero attached hydrogens (tertiary/aromatic N) is 1.